The number of nitrogens with one attached hydrogen (secondary N) is 3. The van der Waals surface area contributed by atoms with Gasteiger partial charge in [-0.1, -0.05) is 54.6 Å². The summed E-state index contributed by atoms with van der Waals surface area (Å²) in [5.74, 6) is 2.37. The lowest BCUT2D eigenvalue weighted by Crippen LogP contribution is -2.50. The van der Waals surface area contributed by atoms with Crippen LogP contribution < -0.4 is 16.2 Å². The monoisotopic (exact) mass is 397 g/mol. The van der Waals surface area contributed by atoms with E-state index in [9.17, 15) is 4.79 Å². The first-order valence-corrected chi connectivity index (χ1v) is 10.8. The van der Waals surface area contributed by atoms with E-state index in [-0.39, 0.29) is 5.91 Å². The molecule has 2 aliphatic rings. The summed E-state index contributed by atoms with van der Waals surface area (Å²) in [6.45, 7) is 0. The van der Waals surface area contributed by atoms with Gasteiger partial charge in [0.15, 0.2) is 5.11 Å². The zero-order valence-corrected chi connectivity index (χ0v) is 16.6. The summed E-state index contributed by atoms with van der Waals surface area (Å²) >= 11 is 6.90. The van der Waals surface area contributed by atoms with Gasteiger partial charge >= 0.3 is 0 Å². The lowest BCUT2D eigenvalue weighted by atomic mass is 10.0. The standard InChI is InChI=1S/C21H23N3OS2/c25-20(23-24-21(26)22-19-11-14-8-9-16(19)10-14)13-27-12-17-6-3-5-15-4-1-2-7-18(15)17/h1-9,14,16,19H,10-13H2,(H,23,25)(H2,22,24,26)/t14-,16+,19-/m0/s1. The van der Waals surface area contributed by atoms with Gasteiger partial charge in [-0.2, -0.15) is 0 Å². The molecule has 1 saturated carbocycles. The Kier molecular flexibility index (Phi) is 5.64. The second-order valence-corrected chi connectivity index (χ2v) is 8.56. The molecule has 3 N–H and O–H groups in total. The molecule has 2 aliphatic carbocycles. The number of allylic oxidation sites excluding steroid dienone is 1. The molecule has 0 radical (unpaired) electrons. The van der Waals surface area contributed by atoms with Crippen molar-refractivity contribution in [1.82, 2.24) is 16.2 Å². The highest BCUT2D eigenvalue weighted by molar-refractivity contribution is 7.99. The van der Waals surface area contributed by atoms with Crippen LogP contribution in [0.1, 0.15) is 18.4 Å². The highest BCUT2D eigenvalue weighted by atomic mass is 32.2. The van der Waals surface area contributed by atoms with Crippen molar-refractivity contribution in [3.8, 4) is 0 Å². The topological polar surface area (TPSA) is 53.2 Å². The van der Waals surface area contributed by atoms with Crippen molar-refractivity contribution >= 4 is 45.8 Å². The lowest BCUT2D eigenvalue weighted by molar-refractivity contribution is -0.119. The molecule has 2 aromatic carbocycles. The fourth-order valence-electron chi connectivity index (χ4n) is 3.99. The van der Waals surface area contributed by atoms with E-state index in [0.29, 0.717) is 28.7 Å². The molecular weight excluding hydrogens is 374 g/mol. The highest BCUT2D eigenvalue weighted by Gasteiger charge is 2.35. The summed E-state index contributed by atoms with van der Waals surface area (Å²) in [5.41, 5.74) is 6.77. The van der Waals surface area contributed by atoms with Crippen LogP contribution in [-0.4, -0.2) is 22.8 Å². The van der Waals surface area contributed by atoms with Gasteiger partial charge in [0.1, 0.15) is 0 Å². The van der Waals surface area contributed by atoms with Gasteiger partial charge < -0.3 is 5.32 Å². The third-order valence-corrected chi connectivity index (χ3v) is 6.48. The zero-order valence-electron chi connectivity index (χ0n) is 15.0. The Bertz CT molecular complexity index is 877. The fraction of sp³-hybridized carbons (Fsp3) is 0.333. The van der Waals surface area contributed by atoms with E-state index in [1.54, 1.807) is 11.8 Å². The molecule has 1 amide bonds. The normalized spacial score (nSPS) is 22.7. The fourth-order valence-corrected chi connectivity index (χ4v) is 5.02. The summed E-state index contributed by atoms with van der Waals surface area (Å²) < 4.78 is 0. The molecule has 27 heavy (non-hydrogen) atoms. The molecule has 4 rings (SSSR count). The summed E-state index contributed by atoms with van der Waals surface area (Å²) in [4.78, 5) is 12.1. The Morgan fingerprint density at radius 2 is 1.93 bits per heavy atom. The predicted octanol–water partition coefficient (Wildman–Crippen LogP) is 3.53. The number of rotatable bonds is 5. The van der Waals surface area contributed by atoms with Crippen molar-refractivity contribution in [1.29, 1.82) is 0 Å². The van der Waals surface area contributed by atoms with Crippen molar-refractivity contribution in [3.05, 3.63) is 60.2 Å². The van der Waals surface area contributed by atoms with E-state index >= 15 is 0 Å². The van der Waals surface area contributed by atoms with Crippen LogP contribution >= 0.6 is 24.0 Å². The van der Waals surface area contributed by atoms with Crippen molar-refractivity contribution in [2.45, 2.75) is 24.6 Å². The Hall–Kier alpha value is -2.05. The van der Waals surface area contributed by atoms with E-state index < -0.39 is 0 Å². The molecule has 1 fully saturated rings. The number of fused-ring (bicyclic) bond motifs is 3. The van der Waals surface area contributed by atoms with E-state index in [1.807, 2.05) is 12.1 Å². The third kappa shape index (κ3) is 4.45. The van der Waals surface area contributed by atoms with Crippen LogP contribution in [0.15, 0.2) is 54.6 Å². The van der Waals surface area contributed by atoms with Gasteiger partial charge in [-0.3, -0.25) is 15.6 Å². The van der Waals surface area contributed by atoms with Gasteiger partial charge in [-0.05, 0) is 53.2 Å². The number of hydrogen-bond donors (Lipinski definition) is 3. The van der Waals surface area contributed by atoms with Crippen LogP contribution in [0.5, 0.6) is 0 Å². The molecule has 2 bridgehead atoms. The minimum absolute atomic E-state index is 0.0720. The van der Waals surface area contributed by atoms with Gasteiger partial charge in [-0.15, -0.1) is 11.8 Å². The average molecular weight is 398 g/mol. The van der Waals surface area contributed by atoms with E-state index in [0.717, 1.165) is 12.2 Å². The molecule has 0 unspecified atom stereocenters. The molecule has 0 heterocycles. The number of carbonyl (C=O) groups excluding carboxylic acids is 1. The predicted molar refractivity (Wildman–Crippen MR) is 116 cm³/mol. The molecular formula is C21H23N3OS2. The largest absolute Gasteiger partial charge is 0.358 e. The minimum Gasteiger partial charge on any atom is -0.358 e. The highest BCUT2D eigenvalue weighted by Crippen LogP contribution is 2.38. The molecule has 0 aliphatic heterocycles. The van der Waals surface area contributed by atoms with Crippen LogP contribution in [0.3, 0.4) is 0 Å². The second kappa shape index (κ2) is 8.31. The smallest absolute Gasteiger partial charge is 0.248 e. The van der Waals surface area contributed by atoms with E-state index in [1.165, 1.54) is 22.8 Å². The summed E-state index contributed by atoms with van der Waals surface area (Å²) in [6.07, 6.45) is 6.92. The van der Waals surface area contributed by atoms with Crippen LogP contribution in [0, 0.1) is 11.8 Å². The van der Waals surface area contributed by atoms with Crippen molar-refractivity contribution in [2.24, 2.45) is 11.8 Å². The summed E-state index contributed by atoms with van der Waals surface area (Å²) in [5, 5.41) is 6.29. The van der Waals surface area contributed by atoms with Crippen molar-refractivity contribution in [3.63, 3.8) is 0 Å². The van der Waals surface area contributed by atoms with Gasteiger partial charge in [0.25, 0.3) is 0 Å². The zero-order chi connectivity index (χ0) is 18.6. The van der Waals surface area contributed by atoms with Crippen molar-refractivity contribution < 1.29 is 4.79 Å². The average Bonchev–Trinajstić information content (AvgIpc) is 3.30. The number of carbonyl (C=O) groups is 1. The maximum atomic E-state index is 12.1. The number of thiocarbonyl (C=S) groups is 1. The Morgan fingerprint density at radius 1 is 1.07 bits per heavy atom. The first-order chi connectivity index (χ1) is 13.2. The quantitative estimate of drug-likeness (QED) is 0.409. The maximum absolute atomic E-state index is 12.1. The third-order valence-electron chi connectivity index (χ3n) is 5.28. The van der Waals surface area contributed by atoms with E-state index in [4.69, 9.17) is 12.2 Å². The lowest BCUT2D eigenvalue weighted by Gasteiger charge is -2.22. The maximum Gasteiger partial charge on any atom is 0.248 e. The van der Waals surface area contributed by atoms with Crippen LogP contribution in [-0.2, 0) is 10.5 Å². The van der Waals surface area contributed by atoms with Gasteiger partial charge in [-0.25, -0.2) is 0 Å². The van der Waals surface area contributed by atoms with Gasteiger partial charge in [0.05, 0.1) is 5.75 Å². The Balaban J connectivity index is 1.18. The number of hydrogen-bond acceptors (Lipinski definition) is 3. The molecule has 4 nitrogen and oxygen atoms in total. The SMILES string of the molecule is O=C(CSCc1cccc2ccccc12)NNC(=S)N[C@H]1C[C@H]2C=C[C@@H]1C2. The first kappa shape index (κ1) is 18.3. The van der Waals surface area contributed by atoms with E-state index in [2.05, 4.69) is 58.7 Å². The molecule has 0 spiro atoms. The molecule has 0 aromatic heterocycles. The number of amides is 1. The molecule has 0 saturated heterocycles. The molecule has 6 heteroatoms. The number of hydrazine groups is 1. The molecule has 2 aromatic rings. The summed E-state index contributed by atoms with van der Waals surface area (Å²) in [7, 11) is 0. The molecule has 140 valence electrons. The number of benzene rings is 2. The van der Waals surface area contributed by atoms with Crippen LogP contribution in [0.2, 0.25) is 0 Å². The molecule has 3 atom stereocenters. The Morgan fingerprint density at radius 3 is 2.74 bits per heavy atom. The minimum atomic E-state index is -0.0720. The number of thioether (sulfide) groups is 1. The van der Waals surface area contributed by atoms with Gasteiger partial charge in [0, 0.05) is 11.8 Å². The van der Waals surface area contributed by atoms with Crippen LogP contribution in [0.25, 0.3) is 10.8 Å². The first-order valence-electron chi connectivity index (χ1n) is 9.27. The Labute approximate surface area is 169 Å². The summed E-state index contributed by atoms with van der Waals surface area (Å²) in [6, 6.07) is 15.0. The van der Waals surface area contributed by atoms with Crippen LogP contribution in [0.4, 0.5) is 0 Å². The van der Waals surface area contributed by atoms with Crippen molar-refractivity contribution in [2.75, 3.05) is 5.75 Å². The van der Waals surface area contributed by atoms with Gasteiger partial charge in [0.2, 0.25) is 5.91 Å². The second-order valence-electron chi connectivity index (χ2n) is 7.16.